The molecule has 21 heavy (non-hydrogen) atoms. The van der Waals surface area contributed by atoms with Crippen molar-refractivity contribution in [3.05, 3.63) is 29.8 Å². The highest BCUT2D eigenvalue weighted by Crippen LogP contribution is 2.21. The van der Waals surface area contributed by atoms with Crippen molar-refractivity contribution in [2.75, 3.05) is 18.1 Å². The van der Waals surface area contributed by atoms with Gasteiger partial charge in [0.25, 0.3) is 5.91 Å². The van der Waals surface area contributed by atoms with Gasteiger partial charge < -0.3 is 10.1 Å². The van der Waals surface area contributed by atoms with Gasteiger partial charge in [-0.25, -0.2) is 8.42 Å². The highest BCUT2D eigenvalue weighted by molar-refractivity contribution is 7.91. The molecule has 0 radical (unpaired) electrons. The van der Waals surface area contributed by atoms with Gasteiger partial charge in [0.05, 0.1) is 17.1 Å². The third kappa shape index (κ3) is 4.38. The van der Waals surface area contributed by atoms with Crippen molar-refractivity contribution in [3.8, 4) is 5.75 Å². The normalized spacial score (nSPS) is 20.4. The summed E-state index contributed by atoms with van der Waals surface area (Å²) >= 11 is 0. The second kappa shape index (κ2) is 6.38. The van der Waals surface area contributed by atoms with Crippen LogP contribution >= 0.6 is 0 Å². The van der Waals surface area contributed by atoms with E-state index in [1.807, 2.05) is 0 Å². The first kappa shape index (κ1) is 15.7. The maximum Gasteiger partial charge on any atom is 0.387 e. The molecule has 2 rings (SSSR count). The van der Waals surface area contributed by atoms with Gasteiger partial charge in [-0.2, -0.15) is 8.78 Å². The predicted molar refractivity (Wildman–Crippen MR) is 72.2 cm³/mol. The van der Waals surface area contributed by atoms with Crippen LogP contribution in [0.15, 0.2) is 24.3 Å². The Kier molecular flexibility index (Phi) is 4.76. The first-order valence-corrected chi connectivity index (χ1v) is 8.22. The minimum atomic E-state index is -3.01. The lowest BCUT2D eigenvalue weighted by atomic mass is 10.1. The fourth-order valence-electron chi connectivity index (χ4n) is 2.22. The molecule has 5 nitrogen and oxygen atoms in total. The maximum atomic E-state index is 12.3. The van der Waals surface area contributed by atoms with Crippen LogP contribution in [0.5, 0.6) is 5.75 Å². The van der Waals surface area contributed by atoms with Crippen molar-refractivity contribution in [1.29, 1.82) is 0 Å². The van der Waals surface area contributed by atoms with Crippen molar-refractivity contribution in [2.45, 2.75) is 13.0 Å². The summed E-state index contributed by atoms with van der Waals surface area (Å²) in [7, 11) is -3.01. The standard InChI is InChI=1S/C13H15F2NO4S/c14-13(15)20-11-4-2-1-3-10(11)12(17)16-7-9-5-6-21(18,19)8-9/h1-4,9,13H,5-8H2,(H,16,17). The van der Waals surface area contributed by atoms with Crippen molar-refractivity contribution in [1.82, 2.24) is 5.32 Å². The molecule has 0 saturated carbocycles. The Morgan fingerprint density at radius 2 is 2.10 bits per heavy atom. The number of benzene rings is 1. The molecular formula is C13H15F2NO4S. The van der Waals surface area contributed by atoms with Crippen LogP contribution in [0.25, 0.3) is 0 Å². The molecule has 1 atom stereocenters. The molecule has 0 bridgehead atoms. The maximum absolute atomic E-state index is 12.3. The van der Waals surface area contributed by atoms with Crippen LogP contribution in [0.2, 0.25) is 0 Å². The highest BCUT2D eigenvalue weighted by atomic mass is 32.2. The van der Waals surface area contributed by atoms with Gasteiger partial charge in [-0.3, -0.25) is 4.79 Å². The van der Waals surface area contributed by atoms with Gasteiger partial charge in [0.1, 0.15) is 5.75 Å². The molecular weight excluding hydrogens is 304 g/mol. The molecule has 0 spiro atoms. The first-order chi connectivity index (χ1) is 9.87. The Labute approximate surface area is 121 Å². The highest BCUT2D eigenvalue weighted by Gasteiger charge is 2.28. The number of ether oxygens (including phenoxy) is 1. The molecule has 116 valence electrons. The van der Waals surface area contributed by atoms with E-state index in [1.54, 1.807) is 0 Å². The van der Waals surface area contributed by atoms with E-state index >= 15 is 0 Å². The van der Waals surface area contributed by atoms with Gasteiger partial charge in [0.15, 0.2) is 9.84 Å². The molecule has 0 aliphatic carbocycles. The summed E-state index contributed by atoms with van der Waals surface area (Å²) in [6, 6.07) is 5.67. The number of carbonyl (C=O) groups is 1. The summed E-state index contributed by atoms with van der Waals surface area (Å²) in [6.45, 7) is -2.82. The number of carbonyl (C=O) groups excluding carboxylic acids is 1. The number of hydrogen-bond donors (Lipinski definition) is 1. The van der Waals surface area contributed by atoms with E-state index < -0.39 is 22.4 Å². The number of nitrogens with one attached hydrogen (secondary N) is 1. The minimum absolute atomic E-state index is 0.00125. The van der Waals surface area contributed by atoms with Gasteiger partial charge in [0.2, 0.25) is 0 Å². The molecule has 1 unspecified atom stereocenters. The second-order valence-corrected chi connectivity index (χ2v) is 7.08. The minimum Gasteiger partial charge on any atom is -0.434 e. The van der Waals surface area contributed by atoms with E-state index in [-0.39, 0.29) is 35.3 Å². The molecule has 1 aromatic carbocycles. The van der Waals surface area contributed by atoms with Crippen molar-refractivity contribution >= 4 is 15.7 Å². The van der Waals surface area contributed by atoms with Gasteiger partial charge in [-0.1, -0.05) is 12.1 Å². The van der Waals surface area contributed by atoms with E-state index in [0.717, 1.165) is 0 Å². The fourth-order valence-corrected chi connectivity index (χ4v) is 4.08. The predicted octanol–water partition coefficient (Wildman–Crippen LogP) is 1.45. The molecule has 0 aromatic heterocycles. The number of halogens is 2. The summed E-state index contributed by atoms with van der Waals surface area (Å²) in [4.78, 5) is 12.0. The quantitative estimate of drug-likeness (QED) is 0.891. The Balaban J connectivity index is 1.98. The van der Waals surface area contributed by atoms with E-state index in [9.17, 15) is 22.0 Å². The molecule has 1 amide bonds. The molecule has 1 N–H and O–H groups in total. The van der Waals surface area contributed by atoms with E-state index in [0.29, 0.717) is 6.42 Å². The average molecular weight is 319 g/mol. The molecule has 1 saturated heterocycles. The lowest BCUT2D eigenvalue weighted by molar-refractivity contribution is -0.0501. The zero-order valence-electron chi connectivity index (χ0n) is 11.1. The van der Waals surface area contributed by atoms with Crippen molar-refractivity contribution < 1.29 is 26.7 Å². The summed E-state index contributed by atoms with van der Waals surface area (Å²) in [6.07, 6.45) is 0.498. The number of para-hydroxylation sites is 1. The van der Waals surface area contributed by atoms with Crippen LogP contribution in [0.4, 0.5) is 8.78 Å². The average Bonchev–Trinajstić information content (AvgIpc) is 2.75. The van der Waals surface area contributed by atoms with Crippen LogP contribution in [-0.4, -0.2) is 39.0 Å². The van der Waals surface area contributed by atoms with Gasteiger partial charge in [-0.15, -0.1) is 0 Å². The topological polar surface area (TPSA) is 72.5 Å². The zero-order chi connectivity index (χ0) is 15.5. The lowest BCUT2D eigenvalue weighted by Gasteiger charge is -2.12. The van der Waals surface area contributed by atoms with Crippen molar-refractivity contribution in [2.24, 2.45) is 5.92 Å². The van der Waals surface area contributed by atoms with E-state index in [1.165, 1.54) is 24.3 Å². The van der Waals surface area contributed by atoms with Gasteiger partial charge in [0, 0.05) is 6.54 Å². The molecule has 1 fully saturated rings. The summed E-state index contributed by atoms with van der Waals surface area (Å²) in [5, 5.41) is 2.56. The Hall–Kier alpha value is -1.70. The van der Waals surface area contributed by atoms with Crippen molar-refractivity contribution in [3.63, 3.8) is 0 Å². The van der Waals surface area contributed by atoms with E-state index in [4.69, 9.17) is 0 Å². The summed E-state index contributed by atoms with van der Waals surface area (Å²) in [5.41, 5.74) is -0.00125. The zero-order valence-corrected chi connectivity index (χ0v) is 11.9. The fraction of sp³-hybridized carbons (Fsp3) is 0.462. The largest absolute Gasteiger partial charge is 0.434 e. The van der Waals surface area contributed by atoms with Gasteiger partial charge >= 0.3 is 6.61 Å². The Morgan fingerprint density at radius 1 is 1.38 bits per heavy atom. The van der Waals surface area contributed by atoms with Crippen LogP contribution < -0.4 is 10.1 Å². The number of rotatable bonds is 5. The third-order valence-corrected chi connectivity index (χ3v) is 5.06. The van der Waals surface area contributed by atoms with Crippen LogP contribution in [-0.2, 0) is 9.84 Å². The summed E-state index contributed by atoms with van der Waals surface area (Å²) in [5.74, 6) is -0.733. The van der Waals surface area contributed by atoms with Crippen LogP contribution in [0, 0.1) is 5.92 Å². The second-order valence-electron chi connectivity index (χ2n) is 4.85. The molecule has 1 heterocycles. The monoisotopic (exact) mass is 319 g/mol. The smallest absolute Gasteiger partial charge is 0.387 e. The summed E-state index contributed by atoms with van der Waals surface area (Å²) < 4.78 is 51.4. The van der Waals surface area contributed by atoms with Gasteiger partial charge in [-0.05, 0) is 24.5 Å². The lowest BCUT2D eigenvalue weighted by Crippen LogP contribution is -2.30. The molecule has 1 aliphatic rings. The number of alkyl halides is 2. The Morgan fingerprint density at radius 3 is 2.71 bits per heavy atom. The number of sulfone groups is 1. The van der Waals surface area contributed by atoms with Crippen LogP contribution in [0.1, 0.15) is 16.8 Å². The Bertz CT molecular complexity index is 618. The van der Waals surface area contributed by atoms with E-state index in [2.05, 4.69) is 10.1 Å². The third-order valence-electron chi connectivity index (χ3n) is 3.23. The first-order valence-electron chi connectivity index (χ1n) is 6.40. The molecule has 1 aliphatic heterocycles. The molecule has 1 aromatic rings. The SMILES string of the molecule is O=C(NCC1CCS(=O)(=O)C1)c1ccccc1OC(F)F. The number of hydrogen-bond acceptors (Lipinski definition) is 4. The number of amides is 1. The van der Waals surface area contributed by atoms with Crippen LogP contribution in [0.3, 0.4) is 0 Å². The molecule has 8 heteroatoms.